The lowest BCUT2D eigenvalue weighted by molar-refractivity contribution is 0.158. The van der Waals surface area contributed by atoms with Crippen LogP contribution >= 0.6 is 0 Å². The van der Waals surface area contributed by atoms with Crippen molar-refractivity contribution < 1.29 is 4.74 Å². The number of nitrogens with zero attached hydrogens (tertiary/aromatic N) is 1. The molecule has 0 saturated heterocycles. The quantitative estimate of drug-likeness (QED) is 0.870. The van der Waals surface area contributed by atoms with Crippen LogP contribution in [0.4, 0.5) is 0 Å². The van der Waals surface area contributed by atoms with Crippen molar-refractivity contribution in [2.75, 3.05) is 14.1 Å². The van der Waals surface area contributed by atoms with Crippen molar-refractivity contribution in [1.29, 1.82) is 0 Å². The third-order valence-corrected chi connectivity index (χ3v) is 3.96. The summed E-state index contributed by atoms with van der Waals surface area (Å²) >= 11 is 0. The Balaban J connectivity index is 2.16. The fourth-order valence-electron chi connectivity index (χ4n) is 1.85. The van der Waals surface area contributed by atoms with Crippen LogP contribution in [0.1, 0.15) is 38.3 Å². The zero-order valence-corrected chi connectivity index (χ0v) is 11.8. The van der Waals surface area contributed by atoms with Crippen molar-refractivity contribution in [2.24, 2.45) is 5.73 Å². The third kappa shape index (κ3) is 2.85. The summed E-state index contributed by atoms with van der Waals surface area (Å²) in [5, 5.41) is 0. The minimum absolute atomic E-state index is 0.0322. The highest BCUT2D eigenvalue weighted by atomic mass is 16.5. The first kappa shape index (κ1) is 13.4. The van der Waals surface area contributed by atoms with Crippen molar-refractivity contribution in [1.82, 2.24) is 4.90 Å². The van der Waals surface area contributed by atoms with Gasteiger partial charge in [-0.2, -0.15) is 0 Å². The van der Waals surface area contributed by atoms with E-state index in [1.807, 2.05) is 12.1 Å². The van der Waals surface area contributed by atoms with Crippen LogP contribution in [-0.4, -0.2) is 30.6 Å². The molecule has 1 aromatic carbocycles. The molecule has 2 rings (SSSR count). The first-order chi connectivity index (χ1) is 8.41. The first-order valence-electron chi connectivity index (χ1n) is 6.61. The average Bonchev–Trinajstić information content (AvgIpc) is 3.12. The van der Waals surface area contributed by atoms with Crippen LogP contribution in [-0.2, 0) is 0 Å². The molecule has 1 atom stereocenters. The first-order valence-corrected chi connectivity index (χ1v) is 6.61. The van der Waals surface area contributed by atoms with E-state index in [4.69, 9.17) is 10.5 Å². The number of ether oxygens (including phenoxy) is 1. The maximum absolute atomic E-state index is 6.39. The van der Waals surface area contributed by atoms with E-state index >= 15 is 0 Å². The van der Waals surface area contributed by atoms with Crippen molar-refractivity contribution in [2.45, 2.75) is 44.4 Å². The molecule has 0 heterocycles. The fourth-order valence-corrected chi connectivity index (χ4v) is 1.85. The summed E-state index contributed by atoms with van der Waals surface area (Å²) < 4.78 is 5.82. The van der Waals surface area contributed by atoms with E-state index in [1.165, 1.54) is 12.8 Å². The summed E-state index contributed by atoms with van der Waals surface area (Å²) in [5.74, 6) is 0.944. The molecule has 1 aliphatic rings. The number of hydrogen-bond acceptors (Lipinski definition) is 3. The van der Waals surface area contributed by atoms with Crippen LogP contribution < -0.4 is 10.5 Å². The second-order valence-electron chi connectivity index (χ2n) is 5.92. The van der Waals surface area contributed by atoms with Gasteiger partial charge in [0.2, 0.25) is 0 Å². The summed E-state index contributed by atoms with van der Waals surface area (Å²) in [4.78, 5) is 2.16. The molecule has 0 aliphatic heterocycles. The third-order valence-electron chi connectivity index (χ3n) is 3.96. The van der Waals surface area contributed by atoms with E-state index in [0.717, 1.165) is 11.3 Å². The van der Waals surface area contributed by atoms with Crippen LogP contribution in [0, 0.1) is 0 Å². The summed E-state index contributed by atoms with van der Waals surface area (Å²) in [5.41, 5.74) is 7.44. The van der Waals surface area contributed by atoms with Gasteiger partial charge < -0.3 is 15.4 Å². The van der Waals surface area contributed by atoms with E-state index < -0.39 is 0 Å². The molecular weight excluding hydrogens is 224 g/mol. The minimum Gasteiger partial charge on any atom is -0.490 e. The Labute approximate surface area is 110 Å². The number of rotatable bonds is 5. The highest BCUT2D eigenvalue weighted by Crippen LogP contribution is 2.31. The van der Waals surface area contributed by atoms with Gasteiger partial charge in [0.15, 0.2) is 0 Å². The molecule has 3 nitrogen and oxygen atoms in total. The van der Waals surface area contributed by atoms with Gasteiger partial charge in [0.05, 0.1) is 6.10 Å². The fraction of sp³-hybridized carbons (Fsp3) is 0.600. The zero-order chi connectivity index (χ0) is 13.3. The Kier molecular flexibility index (Phi) is 3.64. The molecule has 1 aliphatic carbocycles. The molecule has 0 spiro atoms. The van der Waals surface area contributed by atoms with E-state index in [0.29, 0.717) is 6.10 Å². The van der Waals surface area contributed by atoms with Gasteiger partial charge in [-0.3, -0.25) is 0 Å². The van der Waals surface area contributed by atoms with Gasteiger partial charge in [0.1, 0.15) is 5.75 Å². The molecular formula is C15H24N2O. The van der Waals surface area contributed by atoms with Gasteiger partial charge in [0, 0.05) is 11.6 Å². The van der Waals surface area contributed by atoms with Crippen molar-refractivity contribution in [3.8, 4) is 5.75 Å². The maximum Gasteiger partial charge on any atom is 0.120 e. The van der Waals surface area contributed by atoms with E-state index in [1.54, 1.807) is 0 Å². The molecule has 2 N–H and O–H groups in total. The second kappa shape index (κ2) is 4.90. The smallest absolute Gasteiger partial charge is 0.120 e. The standard InChI is InChI=1S/C15H24N2O/c1-15(2,17(3)4)14(16)11-6-5-7-13(10-11)18-12-8-9-12/h5-7,10,12,14H,8-9,16H2,1-4H3. The monoisotopic (exact) mass is 248 g/mol. The second-order valence-corrected chi connectivity index (χ2v) is 5.92. The number of likely N-dealkylation sites (N-methyl/N-ethyl adjacent to an activating group) is 1. The Morgan fingerprint density at radius 1 is 1.33 bits per heavy atom. The Bertz CT molecular complexity index is 411. The number of benzene rings is 1. The molecule has 1 aromatic rings. The highest BCUT2D eigenvalue weighted by Gasteiger charge is 2.30. The van der Waals surface area contributed by atoms with Gasteiger partial charge in [-0.05, 0) is 58.5 Å². The van der Waals surface area contributed by atoms with Gasteiger partial charge in [-0.1, -0.05) is 12.1 Å². The Morgan fingerprint density at radius 2 is 2.00 bits per heavy atom. The van der Waals surface area contributed by atoms with Gasteiger partial charge in [-0.15, -0.1) is 0 Å². The molecule has 1 saturated carbocycles. The lowest BCUT2D eigenvalue weighted by Crippen LogP contribution is -2.47. The Hall–Kier alpha value is -1.06. The number of hydrogen-bond donors (Lipinski definition) is 1. The normalized spacial score (nSPS) is 17.9. The van der Waals surface area contributed by atoms with Crippen LogP contribution in [0.3, 0.4) is 0 Å². The van der Waals surface area contributed by atoms with E-state index in [-0.39, 0.29) is 11.6 Å². The van der Waals surface area contributed by atoms with E-state index in [2.05, 4.69) is 45.0 Å². The summed E-state index contributed by atoms with van der Waals surface area (Å²) in [6, 6.07) is 8.16. The molecule has 0 bridgehead atoms. The molecule has 0 amide bonds. The van der Waals surface area contributed by atoms with E-state index in [9.17, 15) is 0 Å². The molecule has 18 heavy (non-hydrogen) atoms. The molecule has 0 aromatic heterocycles. The SMILES string of the molecule is CN(C)C(C)(C)C(N)c1cccc(OC2CC2)c1. The molecule has 0 radical (unpaired) electrons. The predicted molar refractivity (Wildman–Crippen MR) is 74.8 cm³/mol. The minimum atomic E-state index is -0.0851. The lowest BCUT2D eigenvalue weighted by atomic mass is 9.88. The van der Waals surface area contributed by atoms with Gasteiger partial charge in [0.25, 0.3) is 0 Å². The Morgan fingerprint density at radius 3 is 2.56 bits per heavy atom. The van der Waals surface area contributed by atoms with Crippen molar-refractivity contribution in [3.05, 3.63) is 29.8 Å². The van der Waals surface area contributed by atoms with Gasteiger partial charge >= 0.3 is 0 Å². The van der Waals surface area contributed by atoms with Crippen molar-refractivity contribution >= 4 is 0 Å². The predicted octanol–water partition coefficient (Wildman–Crippen LogP) is 2.57. The van der Waals surface area contributed by atoms with Crippen LogP contribution in [0.25, 0.3) is 0 Å². The molecule has 3 heteroatoms. The van der Waals surface area contributed by atoms with Crippen LogP contribution in [0.2, 0.25) is 0 Å². The summed E-state index contributed by atoms with van der Waals surface area (Å²) in [7, 11) is 4.12. The van der Waals surface area contributed by atoms with Crippen molar-refractivity contribution in [3.63, 3.8) is 0 Å². The topological polar surface area (TPSA) is 38.5 Å². The summed E-state index contributed by atoms with van der Waals surface area (Å²) in [6.45, 7) is 4.32. The largest absolute Gasteiger partial charge is 0.490 e. The molecule has 1 fully saturated rings. The maximum atomic E-state index is 6.39. The average molecular weight is 248 g/mol. The highest BCUT2D eigenvalue weighted by molar-refractivity contribution is 5.32. The molecule has 100 valence electrons. The van der Waals surface area contributed by atoms with Gasteiger partial charge in [-0.25, -0.2) is 0 Å². The van der Waals surface area contributed by atoms with Crippen LogP contribution in [0.15, 0.2) is 24.3 Å². The van der Waals surface area contributed by atoms with Crippen LogP contribution in [0.5, 0.6) is 5.75 Å². The lowest BCUT2D eigenvalue weighted by Gasteiger charge is -2.38. The summed E-state index contributed by atoms with van der Waals surface area (Å²) in [6.07, 6.45) is 2.79. The zero-order valence-electron chi connectivity index (χ0n) is 11.8. The number of nitrogens with two attached hydrogens (primary N) is 1. The molecule has 1 unspecified atom stereocenters.